The van der Waals surface area contributed by atoms with Crippen molar-refractivity contribution < 1.29 is 0 Å². The molecule has 0 spiro atoms. The van der Waals surface area contributed by atoms with Gasteiger partial charge in [0.05, 0.1) is 0 Å². The fourth-order valence-electron chi connectivity index (χ4n) is 1.94. The van der Waals surface area contributed by atoms with Crippen LogP contribution in [-0.2, 0) is 0 Å². The molecule has 1 atom stereocenters. The lowest BCUT2D eigenvalue weighted by molar-refractivity contribution is 0.348. The molecule has 1 heterocycles. The Labute approximate surface area is 82.0 Å². The number of hydrogen-bond acceptors (Lipinski definition) is 2. The van der Waals surface area contributed by atoms with Gasteiger partial charge in [0, 0.05) is 6.54 Å². The summed E-state index contributed by atoms with van der Waals surface area (Å²) in [7, 11) is 2.00. The van der Waals surface area contributed by atoms with Crippen molar-refractivity contribution in [1.82, 2.24) is 10.2 Å². The fourth-order valence-corrected chi connectivity index (χ4v) is 1.94. The van der Waals surface area contributed by atoms with E-state index >= 15 is 0 Å². The monoisotopic (exact) mass is 182 g/mol. The third kappa shape index (κ3) is 3.12. The van der Waals surface area contributed by atoms with Gasteiger partial charge < -0.3 is 10.2 Å². The van der Waals surface area contributed by atoms with Crippen LogP contribution < -0.4 is 5.32 Å². The minimum atomic E-state index is 0.758. The molecule has 1 rings (SSSR count). The lowest BCUT2D eigenvalue weighted by Gasteiger charge is -2.15. The number of hydrogen-bond donors (Lipinski definition) is 1. The summed E-state index contributed by atoms with van der Waals surface area (Å²) >= 11 is 0. The molecule has 0 amide bonds. The maximum Gasteiger partial charge on any atom is 0.00473 e. The molecule has 0 aromatic rings. The number of nitrogens with zero attached hydrogens (tertiary/aromatic N) is 1. The second-order valence-corrected chi connectivity index (χ2v) is 3.89. The summed E-state index contributed by atoms with van der Waals surface area (Å²) in [6, 6.07) is 0. The molecule has 1 aliphatic rings. The lowest BCUT2D eigenvalue weighted by Crippen LogP contribution is -2.20. The van der Waals surface area contributed by atoms with Crippen molar-refractivity contribution in [2.45, 2.75) is 19.8 Å². The summed E-state index contributed by atoms with van der Waals surface area (Å²) in [5, 5.41) is 3.17. The van der Waals surface area contributed by atoms with Gasteiger partial charge in [0.25, 0.3) is 0 Å². The normalized spacial score (nSPS) is 23.7. The van der Waals surface area contributed by atoms with Crippen LogP contribution in [0.4, 0.5) is 0 Å². The van der Waals surface area contributed by atoms with E-state index in [1.165, 1.54) is 31.6 Å². The Morgan fingerprint density at radius 1 is 1.62 bits per heavy atom. The molecule has 13 heavy (non-hydrogen) atoms. The van der Waals surface area contributed by atoms with Crippen LogP contribution in [0.3, 0.4) is 0 Å². The van der Waals surface area contributed by atoms with Crippen LogP contribution in [0.15, 0.2) is 12.2 Å². The number of rotatable bonds is 5. The molecule has 0 aromatic carbocycles. The van der Waals surface area contributed by atoms with Crippen LogP contribution in [0.25, 0.3) is 0 Å². The number of nitrogens with one attached hydrogen (secondary N) is 1. The van der Waals surface area contributed by atoms with Gasteiger partial charge in [-0.15, -0.1) is 0 Å². The van der Waals surface area contributed by atoms with E-state index in [4.69, 9.17) is 0 Å². The van der Waals surface area contributed by atoms with Crippen molar-refractivity contribution in [2.24, 2.45) is 5.92 Å². The average molecular weight is 182 g/mol. The third-order valence-electron chi connectivity index (χ3n) is 2.99. The Hall–Kier alpha value is -0.340. The van der Waals surface area contributed by atoms with E-state index in [9.17, 15) is 0 Å². The molecule has 2 nitrogen and oxygen atoms in total. The van der Waals surface area contributed by atoms with Gasteiger partial charge in [-0.3, -0.25) is 0 Å². The van der Waals surface area contributed by atoms with E-state index in [0.717, 1.165) is 18.9 Å². The molecule has 0 aromatic heterocycles. The highest BCUT2D eigenvalue weighted by molar-refractivity contribution is 5.04. The maximum absolute atomic E-state index is 4.18. The van der Waals surface area contributed by atoms with Gasteiger partial charge in [-0.05, 0) is 45.4 Å². The molecule has 0 radical (unpaired) electrons. The van der Waals surface area contributed by atoms with Gasteiger partial charge in [-0.1, -0.05) is 19.1 Å². The minimum Gasteiger partial charge on any atom is -0.319 e. The van der Waals surface area contributed by atoms with E-state index in [0.29, 0.717) is 0 Å². The van der Waals surface area contributed by atoms with Gasteiger partial charge in [-0.25, -0.2) is 0 Å². The Bertz CT molecular complexity index is 165. The van der Waals surface area contributed by atoms with Crippen LogP contribution in [0, 0.1) is 5.92 Å². The largest absolute Gasteiger partial charge is 0.319 e. The smallest absolute Gasteiger partial charge is 0.00473 e. The first kappa shape index (κ1) is 10.7. The molecule has 1 fully saturated rings. The van der Waals surface area contributed by atoms with Crippen molar-refractivity contribution in [3.8, 4) is 0 Å². The summed E-state index contributed by atoms with van der Waals surface area (Å²) in [6.07, 6.45) is 2.45. The third-order valence-corrected chi connectivity index (χ3v) is 2.99. The number of likely N-dealkylation sites (tertiary alicyclic amines) is 1. The van der Waals surface area contributed by atoms with Crippen molar-refractivity contribution in [2.75, 3.05) is 33.2 Å². The molecular weight excluding hydrogens is 160 g/mol. The highest BCUT2D eigenvalue weighted by atomic mass is 15.1. The second-order valence-electron chi connectivity index (χ2n) is 3.89. The van der Waals surface area contributed by atoms with Crippen LogP contribution in [0.5, 0.6) is 0 Å². The first-order valence-electron chi connectivity index (χ1n) is 5.32. The lowest BCUT2D eigenvalue weighted by atomic mass is 9.97. The Morgan fingerprint density at radius 2 is 2.38 bits per heavy atom. The van der Waals surface area contributed by atoms with Crippen molar-refractivity contribution in [1.29, 1.82) is 0 Å². The van der Waals surface area contributed by atoms with Crippen LogP contribution in [0.2, 0.25) is 0 Å². The Balaban J connectivity index is 2.25. The minimum absolute atomic E-state index is 0.758. The Kier molecular flexibility index (Phi) is 4.46. The van der Waals surface area contributed by atoms with Gasteiger partial charge in [0.1, 0.15) is 0 Å². The fraction of sp³-hybridized carbons (Fsp3) is 0.818. The van der Waals surface area contributed by atoms with Gasteiger partial charge in [0.15, 0.2) is 0 Å². The van der Waals surface area contributed by atoms with Crippen LogP contribution in [0.1, 0.15) is 19.8 Å². The molecular formula is C11H22N2. The maximum atomic E-state index is 4.18. The highest BCUT2D eigenvalue weighted by Crippen LogP contribution is 2.23. The molecule has 1 unspecified atom stereocenters. The zero-order chi connectivity index (χ0) is 9.68. The van der Waals surface area contributed by atoms with Crippen LogP contribution >= 0.6 is 0 Å². The molecule has 76 valence electrons. The molecule has 0 aliphatic carbocycles. The predicted molar refractivity (Wildman–Crippen MR) is 57.9 cm³/mol. The first-order valence-corrected chi connectivity index (χ1v) is 5.32. The molecule has 0 saturated carbocycles. The van der Waals surface area contributed by atoms with Crippen LogP contribution in [-0.4, -0.2) is 38.1 Å². The zero-order valence-corrected chi connectivity index (χ0v) is 8.97. The summed E-state index contributed by atoms with van der Waals surface area (Å²) in [4.78, 5) is 2.51. The van der Waals surface area contributed by atoms with E-state index in [-0.39, 0.29) is 0 Å². The molecule has 0 bridgehead atoms. The summed E-state index contributed by atoms with van der Waals surface area (Å²) in [5.41, 5.74) is 1.44. The Morgan fingerprint density at radius 3 is 2.92 bits per heavy atom. The summed E-state index contributed by atoms with van der Waals surface area (Å²) < 4.78 is 0. The van der Waals surface area contributed by atoms with E-state index in [1.807, 2.05) is 7.05 Å². The van der Waals surface area contributed by atoms with Gasteiger partial charge in [-0.2, -0.15) is 0 Å². The highest BCUT2D eigenvalue weighted by Gasteiger charge is 2.22. The molecule has 2 heteroatoms. The van der Waals surface area contributed by atoms with Crippen molar-refractivity contribution in [3.63, 3.8) is 0 Å². The SMILES string of the molecule is C=C(CCNC)C1CCN(CC)C1. The second kappa shape index (κ2) is 5.40. The van der Waals surface area contributed by atoms with Gasteiger partial charge >= 0.3 is 0 Å². The summed E-state index contributed by atoms with van der Waals surface area (Å²) in [5.74, 6) is 0.758. The topological polar surface area (TPSA) is 15.3 Å². The standard InChI is InChI=1S/C11H22N2/c1-4-13-8-6-11(9-13)10(2)5-7-12-3/h11-12H,2,4-9H2,1,3H3. The average Bonchev–Trinajstić information content (AvgIpc) is 2.62. The summed E-state index contributed by atoms with van der Waals surface area (Å²) in [6.45, 7) is 11.2. The van der Waals surface area contributed by atoms with E-state index < -0.39 is 0 Å². The van der Waals surface area contributed by atoms with Crippen molar-refractivity contribution in [3.05, 3.63) is 12.2 Å². The first-order chi connectivity index (χ1) is 6.27. The van der Waals surface area contributed by atoms with Crippen molar-refractivity contribution >= 4 is 0 Å². The van der Waals surface area contributed by atoms with Gasteiger partial charge in [0.2, 0.25) is 0 Å². The molecule has 1 saturated heterocycles. The van der Waals surface area contributed by atoms with E-state index in [2.05, 4.69) is 23.7 Å². The molecule has 1 N–H and O–H groups in total. The predicted octanol–water partition coefficient (Wildman–Crippen LogP) is 1.49. The quantitative estimate of drug-likeness (QED) is 0.648. The zero-order valence-electron chi connectivity index (χ0n) is 8.97. The molecule has 1 aliphatic heterocycles. The van der Waals surface area contributed by atoms with E-state index in [1.54, 1.807) is 0 Å².